The van der Waals surface area contributed by atoms with Crippen molar-refractivity contribution >= 4 is 33.1 Å². The third-order valence-electron chi connectivity index (χ3n) is 1.46. The first kappa shape index (κ1) is 18.8. The maximum Gasteiger partial charge on any atom is 0.0643 e. The first-order valence-electron chi connectivity index (χ1n) is 5.56. The summed E-state index contributed by atoms with van der Waals surface area (Å²) in [6.45, 7) is 9.34. The Labute approximate surface area is 113 Å². The summed E-state index contributed by atoms with van der Waals surface area (Å²) in [5.74, 6) is -1.16. The Morgan fingerprint density at radius 2 is 1.24 bits per heavy atom. The number of carboxylic acids is 2. The Hall–Kier alpha value is -0.521. The van der Waals surface area contributed by atoms with E-state index in [-0.39, 0.29) is 21.1 Å². The second kappa shape index (κ2) is 11.9. The molecule has 0 amide bonds. The molecule has 0 spiro atoms. The van der Waals surface area contributed by atoms with E-state index in [0.29, 0.717) is 12.2 Å². The minimum absolute atomic E-state index is 0.0709. The molecule has 0 aliphatic heterocycles. The van der Waals surface area contributed by atoms with Crippen LogP contribution in [0.4, 0.5) is 0 Å². The van der Waals surface area contributed by atoms with E-state index in [9.17, 15) is 19.8 Å². The largest absolute Gasteiger partial charge is 0.545 e. The quantitative estimate of drug-likeness (QED) is 0.496. The predicted octanol–water partition coefficient (Wildman–Crippen LogP) is -0.118. The summed E-state index contributed by atoms with van der Waals surface area (Å²) < 4.78 is 3.14. The Morgan fingerprint density at radius 3 is 1.41 bits per heavy atom. The fraction of sp³-hybridized carbons (Fsp3) is 0.667. The van der Waals surface area contributed by atoms with Gasteiger partial charge in [-0.25, -0.2) is 0 Å². The van der Waals surface area contributed by atoms with Crippen LogP contribution in [0.25, 0.3) is 0 Å². The molecule has 0 atom stereocenters. The van der Waals surface area contributed by atoms with Gasteiger partial charge in [0.1, 0.15) is 0 Å². The summed E-state index contributed by atoms with van der Waals surface area (Å²) in [5.41, 5.74) is 0. The zero-order valence-corrected chi connectivity index (χ0v) is 13.7. The van der Waals surface area contributed by atoms with Gasteiger partial charge >= 0.3 is 69.5 Å². The third kappa shape index (κ3) is 25.6. The van der Waals surface area contributed by atoms with E-state index in [1.807, 2.05) is 0 Å². The second-order valence-corrected chi connectivity index (χ2v) is 8.17. The number of hydrogen-bond acceptors (Lipinski definition) is 4. The molecule has 0 fully saturated rings. The second-order valence-electron chi connectivity index (χ2n) is 4.42. The van der Waals surface area contributed by atoms with Gasteiger partial charge in [0.15, 0.2) is 0 Å². The minimum Gasteiger partial charge on any atom is -0.545 e. The summed E-state index contributed by atoms with van der Waals surface area (Å²) in [6, 6.07) is 0. The smallest absolute Gasteiger partial charge is 0.0643 e. The summed E-state index contributed by atoms with van der Waals surface area (Å²) >= 11 is 0.0709. The van der Waals surface area contributed by atoms with Gasteiger partial charge in [0.2, 0.25) is 0 Å². The summed E-state index contributed by atoms with van der Waals surface area (Å²) in [7, 11) is 0. The van der Waals surface area contributed by atoms with Crippen molar-refractivity contribution in [3.05, 3.63) is 12.2 Å². The SMILES string of the molecule is CC(C)[CH2][Sn+2][CH2]C(C)C.O=C([O-])/C=C\C(=O)[O-]. The molecule has 17 heavy (non-hydrogen) atoms. The molecular formula is C12H20O4Sn. The van der Waals surface area contributed by atoms with Crippen LogP contribution in [0.2, 0.25) is 8.87 Å². The molecule has 0 bridgehead atoms. The standard InChI is InChI=1S/C4H4O4.2C4H9.Sn/c5-3(6)1-2-4(7)8;2*1-4(2)3;/h1-2H,(H,5,6)(H,7,8);2*4H,1H2,2-3H3;/q;;;+2/p-2/b2-1-;;;. The van der Waals surface area contributed by atoms with Crippen LogP contribution in [0.15, 0.2) is 12.2 Å². The fourth-order valence-electron chi connectivity index (χ4n) is 0.797. The van der Waals surface area contributed by atoms with E-state index in [4.69, 9.17) is 0 Å². The van der Waals surface area contributed by atoms with Crippen molar-refractivity contribution in [3.8, 4) is 0 Å². The topological polar surface area (TPSA) is 80.3 Å². The van der Waals surface area contributed by atoms with Gasteiger partial charge in [-0.05, 0) is 12.2 Å². The van der Waals surface area contributed by atoms with Crippen LogP contribution in [0.3, 0.4) is 0 Å². The van der Waals surface area contributed by atoms with Crippen molar-refractivity contribution in [2.75, 3.05) is 0 Å². The molecule has 0 unspecified atom stereocenters. The minimum atomic E-state index is -1.55. The van der Waals surface area contributed by atoms with Crippen LogP contribution in [-0.2, 0) is 9.59 Å². The number of carboxylic acid groups (broad SMARTS) is 2. The van der Waals surface area contributed by atoms with Crippen LogP contribution < -0.4 is 10.2 Å². The molecule has 0 rings (SSSR count). The molecule has 0 heterocycles. The molecule has 0 aromatic rings. The van der Waals surface area contributed by atoms with Gasteiger partial charge in [0.05, 0.1) is 11.9 Å². The average molecular weight is 347 g/mol. The molecule has 0 radical (unpaired) electrons. The predicted molar refractivity (Wildman–Crippen MR) is 64.2 cm³/mol. The fourth-order valence-corrected chi connectivity index (χ4v) is 4.57. The van der Waals surface area contributed by atoms with E-state index in [0.717, 1.165) is 11.8 Å². The maximum atomic E-state index is 9.41. The molecular weight excluding hydrogens is 327 g/mol. The van der Waals surface area contributed by atoms with Crippen LogP contribution in [0.5, 0.6) is 0 Å². The van der Waals surface area contributed by atoms with E-state index in [1.54, 1.807) is 8.87 Å². The Balaban J connectivity index is 0. The molecule has 0 aliphatic rings. The van der Waals surface area contributed by atoms with E-state index >= 15 is 0 Å². The number of carbonyl (C=O) groups is 2. The zero-order chi connectivity index (χ0) is 13.8. The number of rotatable bonds is 6. The average Bonchev–Trinajstić information content (AvgIpc) is 2.14. The molecule has 0 saturated carbocycles. The van der Waals surface area contributed by atoms with Crippen molar-refractivity contribution in [3.63, 3.8) is 0 Å². The first-order chi connectivity index (χ1) is 7.75. The molecule has 96 valence electrons. The van der Waals surface area contributed by atoms with Crippen molar-refractivity contribution in [1.82, 2.24) is 0 Å². The molecule has 0 aliphatic carbocycles. The summed E-state index contributed by atoms with van der Waals surface area (Å²) in [5, 5.41) is 18.8. The summed E-state index contributed by atoms with van der Waals surface area (Å²) in [6.07, 6.45) is 0.769. The van der Waals surface area contributed by atoms with Crippen molar-refractivity contribution < 1.29 is 19.8 Å². The van der Waals surface area contributed by atoms with Gasteiger partial charge in [-0.1, -0.05) is 0 Å². The van der Waals surface area contributed by atoms with Crippen LogP contribution in [-0.4, -0.2) is 33.1 Å². The van der Waals surface area contributed by atoms with Crippen LogP contribution >= 0.6 is 0 Å². The Kier molecular flexibility index (Phi) is 13.2. The van der Waals surface area contributed by atoms with Crippen molar-refractivity contribution in [2.45, 2.75) is 36.6 Å². The van der Waals surface area contributed by atoms with Crippen molar-refractivity contribution in [2.24, 2.45) is 11.8 Å². The Bertz CT molecular complexity index is 223. The number of carbonyl (C=O) groups excluding carboxylic acids is 2. The molecule has 0 N–H and O–H groups in total. The first-order valence-corrected chi connectivity index (χ1v) is 9.60. The molecule has 5 heteroatoms. The van der Waals surface area contributed by atoms with E-state index in [1.165, 1.54) is 0 Å². The van der Waals surface area contributed by atoms with Gasteiger partial charge in [0.25, 0.3) is 0 Å². The van der Waals surface area contributed by atoms with Crippen LogP contribution in [0.1, 0.15) is 27.7 Å². The zero-order valence-electron chi connectivity index (χ0n) is 10.9. The van der Waals surface area contributed by atoms with Gasteiger partial charge in [-0.2, -0.15) is 0 Å². The number of hydrogen-bond donors (Lipinski definition) is 0. The van der Waals surface area contributed by atoms with Crippen LogP contribution in [0, 0.1) is 11.8 Å². The van der Waals surface area contributed by atoms with Crippen molar-refractivity contribution in [1.29, 1.82) is 0 Å². The molecule has 4 nitrogen and oxygen atoms in total. The monoisotopic (exact) mass is 348 g/mol. The van der Waals surface area contributed by atoms with E-state index < -0.39 is 11.9 Å². The molecule has 0 saturated heterocycles. The summed E-state index contributed by atoms with van der Waals surface area (Å²) in [4.78, 5) is 18.8. The van der Waals surface area contributed by atoms with Gasteiger partial charge in [0, 0.05) is 0 Å². The van der Waals surface area contributed by atoms with Gasteiger partial charge < -0.3 is 19.8 Å². The molecule has 0 aromatic heterocycles. The Morgan fingerprint density at radius 1 is 0.941 bits per heavy atom. The normalized spacial score (nSPS) is 10.0. The maximum absolute atomic E-state index is 9.41. The molecule has 0 aromatic carbocycles. The van der Waals surface area contributed by atoms with Gasteiger partial charge in [-0.15, -0.1) is 0 Å². The number of aliphatic carboxylic acids is 2. The third-order valence-corrected chi connectivity index (χ3v) is 7.77. The van der Waals surface area contributed by atoms with E-state index in [2.05, 4.69) is 27.7 Å². The van der Waals surface area contributed by atoms with Gasteiger partial charge in [-0.3, -0.25) is 0 Å².